The Bertz CT molecular complexity index is 1200. The van der Waals surface area contributed by atoms with Gasteiger partial charge in [-0.05, 0) is 53.1 Å². The second-order valence-corrected chi connectivity index (χ2v) is 17.2. The second kappa shape index (κ2) is 9.49. The largest absolute Gasteiger partial charge is 0.541 e. The van der Waals surface area contributed by atoms with Gasteiger partial charge in [0.1, 0.15) is 11.4 Å². The van der Waals surface area contributed by atoms with E-state index in [9.17, 15) is 14.7 Å². The lowest BCUT2D eigenvalue weighted by Gasteiger charge is -2.42. The van der Waals surface area contributed by atoms with E-state index in [1.807, 2.05) is 4.68 Å². The quantitative estimate of drug-likeness (QED) is 0.463. The van der Waals surface area contributed by atoms with Gasteiger partial charge in [0.25, 0.3) is 8.32 Å². The predicted molar refractivity (Wildman–Crippen MR) is 145 cm³/mol. The van der Waals surface area contributed by atoms with Gasteiger partial charge in [0.15, 0.2) is 0 Å². The first-order valence-electron chi connectivity index (χ1n) is 13.7. The van der Waals surface area contributed by atoms with Crippen molar-refractivity contribution in [2.45, 2.75) is 95.8 Å². The molecule has 1 saturated carbocycles. The lowest BCUT2D eigenvalue weighted by molar-refractivity contribution is -0.120. The first kappa shape index (κ1) is 25.8. The standard InChI is InChI=1S/C28H40N4O4Si/c1-16(2)37(17(3)4,18(5)6)36-25-13-20(19-7-8-19)9-10-22(25)32-23-11-12-31(28(34)35)24-15-29-26(33)14-21(30-32)27(23)24/h9-10,13,16-19,24H,7-8,11-12,14-15H2,1-6H3,(H,29,33)(H,34,35). The molecule has 0 radical (unpaired) electrons. The van der Waals surface area contributed by atoms with Gasteiger partial charge < -0.3 is 14.8 Å². The van der Waals surface area contributed by atoms with Crippen LogP contribution < -0.4 is 9.74 Å². The molecule has 1 aromatic heterocycles. The molecule has 2 aliphatic heterocycles. The molecule has 1 unspecified atom stereocenters. The fourth-order valence-electron chi connectivity index (χ4n) is 6.88. The molecule has 1 aromatic carbocycles. The third-order valence-corrected chi connectivity index (χ3v) is 14.7. The minimum atomic E-state index is -2.24. The molecule has 3 heterocycles. The summed E-state index contributed by atoms with van der Waals surface area (Å²) in [6, 6.07) is 6.13. The van der Waals surface area contributed by atoms with Gasteiger partial charge in [-0.25, -0.2) is 9.48 Å². The van der Waals surface area contributed by atoms with Crippen LogP contribution in [0.25, 0.3) is 5.69 Å². The number of nitrogens with one attached hydrogen (secondary N) is 1. The first-order valence-corrected chi connectivity index (χ1v) is 15.9. The van der Waals surface area contributed by atoms with Crippen LogP contribution in [0.15, 0.2) is 18.2 Å². The van der Waals surface area contributed by atoms with Crippen molar-refractivity contribution >= 4 is 20.3 Å². The minimum absolute atomic E-state index is 0.126. The molecule has 200 valence electrons. The SMILES string of the molecule is CC(C)[Si](Oc1cc(C2CC2)ccc1-n1nc2c3c1CCN(C(=O)O)C3CNC(=O)C2)(C(C)C)C(C)C. The molecule has 1 atom stereocenters. The Morgan fingerprint density at radius 1 is 1.14 bits per heavy atom. The summed E-state index contributed by atoms with van der Waals surface area (Å²) in [6.07, 6.45) is 2.15. The van der Waals surface area contributed by atoms with E-state index in [0.29, 0.717) is 41.2 Å². The van der Waals surface area contributed by atoms with E-state index in [1.165, 1.54) is 23.3 Å². The van der Waals surface area contributed by atoms with Crippen LogP contribution in [0.1, 0.15) is 88.9 Å². The zero-order valence-corrected chi connectivity index (χ0v) is 23.9. The lowest BCUT2D eigenvalue weighted by atomic mass is 9.96. The monoisotopic (exact) mass is 524 g/mol. The van der Waals surface area contributed by atoms with Crippen LogP contribution in [0.4, 0.5) is 4.79 Å². The highest BCUT2D eigenvalue weighted by molar-refractivity contribution is 6.78. The Kier molecular flexibility index (Phi) is 6.62. The van der Waals surface area contributed by atoms with Crippen molar-refractivity contribution in [3.05, 3.63) is 40.7 Å². The molecule has 8 nitrogen and oxygen atoms in total. The Morgan fingerprint density at radius 3 is 2.41 bits per heavy atom. The van der Waals surface area contributed by atoms with Crippen molar-refractivity contribution in [3.63, 3.8) is 0 Å². The Hall–Kier alpha value is -2.81. The zero-order chi connectivity index (χ0) is 26.6. The van der Waals surface area contributed by atoms with Gasteiger partial charge in [-0.15, -0.1) is 0 Å². The van der Waals surface area contributed by atoms with E-state index in [4.69, 9.17) is 9.52 Å². The van der Waals surface area contributed by atoms with Crippen molar-refractivity contribution in [2.24, 2.45) is 0 Å². The number of carbonyl (C=O) groups is 2. The third-order valence-electron chi connectivity index (χ3n) is 8.72. The molecule has 3 aliphatic rings. The lowest BCUT2D eigenvalue weighted by Crippen LogP contribution is -2.51. The molecule has 0 bridgehead atoms. The van der Waals surface area contributed by atoms with E-state index < -0.39 is 20.5 Å². The first-order chi connectivity index (χ1) is 17.5. The summed E-state index contributed by atoms with van der Waals surface area (Å²) in [5, 5.41) is 17.7. The number of hydrogen-bond donors (Lipinski definition) is 2. The number of rotatable bonds is 7. The van der Waals surface area contributed by atoms with Crippen LogP contribution in [-0.4, -0.2) is 53.2 Å². The molecule has 9 heteroatoms. The molecule has 2 aromatic rings. The van der Waals surface area contributed by atoms with Crippen LogP contribution >= 0.6 is 0 Å². The van der Waals surface area contributed by atoms with Gasteiger partial charge in [-0.3, -0.25) is 9.69 Å². The molecule has 0 saturated heterocycles. The highest BCUT2D eigenvalue weighted by Gasteiger charge is 2.48. The van der Waals surface area contributed by atoms with Gasteiger partial charge in [0, 0.05) is 25.1 Å². The van der Waals surface area contributed by atoms with Crippen LogP contribution in [0, 0.1) is 0 Å². The maximum atomic E-state index is 12.5. The molecular formula is C28H40N4O4Si. The highest BCUT2D eigenvalue weighted by atomic mass is 28.4. The number of benzene rings is 1. The average Bonchev–Trinajstić information content (AvgIpc) is 3.64. The van der Waals surface area contributed by atoms with Crippen LogP contribution in [0.3, 0.4) is 0 Å². The fourth-order valence-corrected chi connectivity index (χ4v) is 12.1. The predicted octanol–water partition coefficient (Wildman–Crippen LogP) is 5.55. The Labute approximate surface area is 220 Å². The summed E-state index contributed by atoms with van der Waals surface area (Å²) in [6.45, 7) is 14.4. The number of carboxylic acid groups (broad SMARTS) is 1. The molecule has 5 rings (SSSR count). The maximum absolute atomic E-state index is 12.5. The maximum Gasteiger partial charge on any atom is 0.407 e. The summed E-state index contributed by atoms with van der Waals surface area (Å²) in [5.41, 5.74) is 6.02. The zero-order valence-electron chi connectivity index (χ0n) is 22.9. The molecular weight excluding hydrogens is 484 g/mol. The van der Waals surface area contributed by atoms with Gasteiger partial charge in [0.2, 0.25) is 5.91 Å². The Morgan fingerprint density at radius 2 is 1.81 bits per heavy atom. The summed E-state index contributed by atoms with van der Waals surface area (Å²) in [4.78, 5) is 26.0. The van der Waals surface area contributed by atoms with E-state index in [1.54, 1.807) is 0 Å². The second-order valence-electron chi connectivity index (χ2n) is 11.9. The number of amides is 2. The Balaban J connectivity index is 1.67. The summed E-state index contributed by atoms with van der Waals surface area (Å²) in [5.74, 6) is 1.34. The van der Waals surface area contributed by atoms with Gasteiger partial charge in [-0.2, -0.15) is 5.10 Å². The molecule has 2 amide bonds. The minimum Gasteiger partial charge on any atom is -0.541 e. The molecule has 1 fully saturated rings. The average molecular weight is 525 g/mol. The normalized spacial score (nSPS) is 19.8. The van der Waals surface area contributed by atoms with Crippen molar-refractivity contribution < 1.29 is 19.1 Å². The van der Waals surface area contributed by atoms with Gasteiger partial charge in [0.05, 0.1) is 23.9 Å². The molecule has 0 spiro atoms. The van der Waals surface area contributed by atoms with Crippen LogP contribution in [0.5, 0.6) is 5.75 Å². The molecule has 1 aliphatic carbocycles. The molecule has 37 heavy (non-hydrogen) atoms. The summed E-state index contributed by atoms with van der Waals surface area (Å²) in [7, 11) is -2.24. The third kappa shape index (κ3) is 4.35. The van der Waals surface area contributed by atoms with E-state index in [-0.39, 0.29) is 18.9 Å². The van der Waals surface area contributed by atoms with Crippen LogP contribution in [0.2, 0.25) is 16.6 Å². The summed E-state index contributed by atoms with van der Waals surface area (Å²) < 4.78 is 9.23. The number of aromatic nitrogens is 2. The van der Waals surface area contributed by atoms with Crippen molar-refractivity contribution in [1.82, 2.24) is 20.0 Å². The van der Waals surface area contributed by atoms with E-state index >= 15 is 0 Å². The van der Waals surface area contributed by atoms with Crippen LogP contribution in [-0.2, 0) is 17.6 Å². The van der Waals surface area contributed by atoms with Gasteiger partial charge in [-0.1, -0.05) is 47.6 Å². The topological polar surface area (TPSA) is 96.7 Å². The number of hydrogen-bond acceptors (Lipinski definition) is 4. The van der Waals surface area contributed by atoms with E-state index in [0.717, 1.165) is 22.7 Å². The highest BCUT2D eigenvalue weighted by Crippen LogP contribution is 2.47. The summed E-state index contributed by atoms with van der Waals surface area (Å²) >= 11 is 0. The smallest absolute Gasteiger partial charge is 0.407 e. The van der Waals surface area contributed by atoms with Crippen molar-refractivity contribution in [3.8, 4) is 11.4 Å². The number of nitrogens with zero attached hydrogens (tertiary/aromatic N) is 3. The number of carbonyl (C=O) groups excluding carboxylic acids is 1. The van der Waals surface area contributed by atoms with Gasteiger partial charge >= 0.3 is 6.09 Å². The van der Waals surface area contributed by atoms with E-state index in [2.05, 4.69) is 65.1 Å². The fraction of sp³-hybridized carbons (Fsp3) is 0.607. The molecule has 2 N–H and O–H groups in total. The van der Waals surface area contributed by atoms with Crippen molar-refractivity contribution in [1.29, 1.82) is 0 Å². The van der Waals surface area contributed by atoms with Crippen molar-refractivity contribution in [2.75, 3.05) is 13.1 Å².